The molecule has 2 N–H and O–H groups in total. The summed E-state index contributed by atoms with van der Waals surface area (Å²) in [7, 11) is 0. The minimum Gasteiger partial charge on any atom is -0.377 e. The van der Waals surface area contributed by atoms with E-state index >= 15 is 0 Å². The van der Waals surface area contributed by atoms with E-state index in [1.54, 1.807) is 0 Å². The molecule has 1 saturated carbocycles. The van der Waals surface area contributed by atoms with Crippen LogP contribution >= 0.6 is 0 Å². The predicted octanol–water partition coefficient (Wildman–Crippen LogP) is 3.08. The van der Waals surface area contributed by atoms with Gasteiger partial charge in [-0.25, -0.2) is 0 Å². The summed E-state index contributed by atoms with van der Waals surface area (Å²) in [6.45, 7) is 2.21. The van der Waals surface area contributed by atoms with Crippen LogP contribution < -0.4 is 10.6 Å². The van der Waals surface area contributed by atoms with Crippen molar-refractivity contribution < 1.29 is 9.72 Å². The van der Waals surface area contributed by atoms with E-state index < -0.39 is 0 Å². The van der Waals surface area contributed by atoms with Gasteiger partial charge < -0.3 is 10.6 Å². The lowest BCUT2D eigenvalue weighted by molar-refractivity contribution is -0.383. The first-order valence-corrected chi connectivity index (χ1v) is 7.40. The van der Waals surface area contributed by atoms with Crippen molar-refractivity contribution in [3.05, 3.63) is 27.8 Å². The number of amides is 1. The second-order valence-corrected chi connectivity index (χ2v) is 6.09. The fraction of sp³-hybridized carbons (Fsp3) is 0.533. The van der Waals surface area contributed by atoms with Crippen molar-refractivity contribution >= 4 is 23.0 Å². The zero-order chi connectivity index (χ0) is 15.0. The van der Waals surface area contributed by atoms with Crippen LogP contribution in [0, 0.1) is 16.0 Å². The highest BCUT2D eigenvalue weighted by Crippen LogP contribution is 2.36. The van der Waals surface area contributed by atoms with Crippen LogP contribution in [0.4, 0.5) is 17.1 Å². The number of fused-ring (bicyclic) bond motifs is 1. The molecule has 21 heavy (non-hydrogen) atoms. The molecule has 6 nitrogen and oxygen atoms in total. The highest BCUT2D eigenvalue weighted by atomic mass is 16.6. The maximum atomic E-state index is 11.4. The van der Waals surface area contributed by atoms with E-state index in [0.717, 1.165) is 24.8 Å². The van der Waals surface area contributed by atoms with Crippen molar-refractivity contribution in [1.29, 1.82) is 0 Å². The molecule has 1 aromatic rings. The summed E-state index contributed by atoms with van der Waals surface area (Å²) in [6.07, 6.45) is 4.32. The Bertz CT molecular complexity index is 600. The standard InChI is InChI=1S/C15H19N3O3/c1-9-2-4-11(6-9)16-13-7-10-3-5-15(19)17-12(10)8-14(13)18(20)21/h7-9,11,16H,2-6H2,1H3,(H,17,19). The first kappa shape index (κ1) is 13.9. The lowest BCUT2D eigenvalue weighted by Gasteiger charge is -2.20. The SMILES string of the molecule is CC1CCC(Nc2cc3c(cc2[N+](=O)[O-])NC(=O)CC3)C1. The Balaban J connectivity index is 1.91. The Kier molecular flexibility index (Phi) is 3.53. The highest BCUT2D eigenvalue weighted by molar-refractivity contribution is 5.95. The van der Waals surface area contributed by atoms with E-state index in [0.29, 0.717) is 36.2 Å². The Labute approximate surface area is 123 Å². The molecule has 0 radical (unpaired) electrons. The van der Waals surface area contributed by atoms with Gasteiger partial charge in [0.15, 0.2) is 0 Å². The van der Waals surface area contributed by atoms with Crippen molar-refractivity contribution in [2.75, 3.05) is 10.6 Å². The molecule has 2 atom stereocenters. The molecular weight excluding hydrogens is 270 g/mol. The van der Waals surface area contributed by atoms with Crippen LogP contribution in [-0.4, -0.2) is 16.9 Å². The van der Waals surface area contributed by atoms with Crippen LogP contribution in [0.5, 0.6) is 0 Å². The molecule has 112 valence electrons. The molecule has 3 rings (SSSR count). The molecule has 2 unspecified atom stereocenters. The van der Waals surface area contributed by atoms with Crippen molar-refractivity contribution in [2.24, 2.45) is 5.92 Å². The zero-order valence-corrected chi connectivity index (χ0v) is 12.0. The quantitative estimate of drug-likeness (QED) is 0.661. The van der Waals surface area contributed by atoms with E-state index in [2.05, 4.69) is 17.6 Å². The first-order chi connectivity index (χ1) is 10.0. The van der Waals surface area contributed by atoms with Gasteiger partial charge >= 0.3 is 0 Å². The Morgan fingerprint density at radius 1 is 1.33 bits per heavy atom. The van der Waals surface area contributed by atoms with Crippen LogP contribution in [0.2, 0.25) is 0 Å². The van der Waals surface area contributed by atoms with Crippen LogP contribution in [-0.2, 0) is 11.2 Å². The van der Waals surface area contributed by atoms with E-state index in [9.17, 15) is 14.9 Å². The van der Waals surface area contributed by atoms with Gasteiger partial charge in [0.05, 0.1) is 10.6 Å². The normalized spacial score (nSPS) is 24.3. The summed E-state index contributed by atoms with van der Waals surface area (Å²) >= 11 is 0. The fourth-order valence-electron chi connectivity index (χ4n) is 3.24. The fourth-order valence-corrected chi connectivity index (χ4v) is 3.24. The van der Waals surface area contributed by atoms with E-state index in [1.807, 2.05) is 6.07 Å². The number of carbonyl (C=O) groups is 1. The summed E-state index contributed by atoms with van der Waals surface area (Å²) in [5, 5.41) is 17.3. The van der Waals surface area contributed by atoms with Gasteiger partial charge in [-0.3, -0.25) is 14.9 Å². The van der Waals surface area contributed by atoms with Crippen LogP contribution in [0.1, 0.15) is 38.2 Å². The van der Waals surface area contributed by atoms with Crippen molar-refractivity contribution in [1.82, 2.24) is 0 Å². The minimum atomic E-state index is -0.387. The lowest BCUT2D eigenvalue weighted by atomic mass is 10.0. The van der Waals surface area contributed by atoms with Crippen LogP contribution in [0.3, 0.4) is 0 Å². The molecule has 0 aromatic heterocycles. The molecule has 1 aliphatic carbocycles. The van der Waals surface area contributed by atoms with Crippen LogP contribution in [0.15, 0.2) is 12.1 Å². The topological polar surface area (TPSA) is 84.3 Å². The zero-order valence-electron chi connectivity index (χ0n) is 12.0. The predicted molar refractivity (Wildman–Crippen MR) is 80.5 cm³/mol. The second-order valence-electron chi connectivity index (χ2n) is 6.09. The number of nitrogens with zero attached hydrogens (tertiary/aromatic N) is 1. The number of nitro groups is 1. The Morgan fingerprint density at radius 3 is 2.81 bits per heavy atom. The number of carbonyl (C=O) groups excluding carboxylic acids is 1. The van der Waals surface area contributed by atoms with Gasteiger partial charge in [-0.1, -0.05) is 6.92 Å². The Morgan fingerprint density at radius 2 is 2.14 bits per heavy atom. The lowest BCUT2D eigenvalue weighted by Crippen LogP contribution is -2.21. The number of aryl methyl sites for hydroxylation is 1. The molecule has 1 aliphatic heterocycles. The van der Waals surface area contributed by atoms with Gasteiger partial charge in [0.1, 0.15) is 5.69 Å². The third-order valence-corrected chi connectivity index (χ3v) is 4.37. The average molecular weight is 289 g/mol. The maximum Gasteiger partial charge on any atom is 0.294 e. The molecule has 1 aromatic carbocycles. The van der Waals surface area contributed by atoms with Crippen molar-refractivity contribution in [3.8, 4) is 0 Å². The molecule has 1 fully saturated rings. The smallest absolute Gasteiger partial charge is 0.294 e. The Hall–Kier alpha value is -2.11. The number of nitrogens with one attached hydrogen (secondary N) is 2. The number of rotatable bonds is 3. The molecule has 0 spiro atoms. The number of nitro benzene ring substituents is 1. The van der Waals surface area contributed by atoms with E-state index in [1.165, 1.54) is 6.07 Å². The van der Waals surface area contributed by atoms with Gasteiger partial charge in [-0.2, -0.15) is 0 Å². The number of benzene rings is 1. The monoisotopic (exact) mass is 289 g/mol. The maximum absolute atomic E-state index is 11.4. The summed E-state index contributed by atoms with van der Waals surface area (Å²) in [6, 6.07) is 3.61. The summed E-state index contributed by atoms with van der Waals surface area (Å²) in [5.74, 6) is 0.584. The van der Waals surface area contributed by atoms with Crippen LogP contribution in [0.25, 0.3) is 0 Å². The number of hydrogen-bond acceptors (Lipinski definition) is 4. The van der Waals surface area contributed by atoms with Crippen molar-refractivity contribution in [2.45, 2.75) is 45.1 Å². The molecule has 0 saturated heterocycles. The van der Waals surface area contributed by atoms with Crippen molar-refractivity contribution in [3.63, 3.8) is 0 Å². The molecule has 6 heteroatoms. The molecular formula is C15H19N3O3. The second kappa shape index (κ2) is 5.35. The summed E-state index contributed by atoms with van der Waals surface area (Å²) in [5.41, 5.74) is 2.15. The minimum absolute atomic E-state index is 0.0375. The van der Waals surface area contributed by atoms with E-state index in [-0.39, 0.29) is 16.5 Å². The first-order valence-electron chi connectivity index (χ1n) is 7.40. The third-order valence-electron chi connectivity index (χ3n) is 4.37. The highest BCUT2D eigenvalue weighted by Gasteiger charge is 2.26. The summed E-state index contributed by atoms with van der Waals surface area (Å²) in [4.78, 5) is 22.3. The largest absolute Gasteiger partial charge is 0.377 e. The number of hydrogen-bond donors (Lipinski definition) is 2. The van der Waals surface area contributed by atoms with Gasteiger partial charge in [0, 0.05) is 18.5 Å². The van der Waals surface area contributed by atoms with Gasteiger partial charge in [-0.05, 0) is 43.2 Å². The van der Waals surface area contributed by atoms with Gasteiger partial charge in [-0.15, -0.1) is 0 Å². The summed E-state index contributed by atoms with van der Waals surface area (Å²) < 4.78 is 0. The van der Waals surface area contributed by atoms with Gasteiger partial charge in [0.25, 0.3) is 5.69 Å². The average Bonchev–Trinajstić information content (AvgIpc) is 2.83. The number of anilines is 2. The third kappa shape index (κ3) is 2.84. The molecule has 0 bridgehead atoms. The molecule has 1 heterocycles. The molecule has 2 aliphatic rings. The van der Waals surface area contributed by atoms with E-state index in [4.69, 9.17) is 0 Å². The molecule has 1 amide bonds. The van der Waals surface area contributed by atoms with Gasteiger partial charge in [0.2, 0.25) is 5.91 Å².